The number of aromatic nitrogens is 2. The van der Waals surface area contributed by atoms with E-state index < -0.39 is 10.0 Å². The molecule has 0 saturated heterocycles. The number of nitrogens with one attached hydrogen (secondary N) is 1. The largest absolute Gasteiger partial charge is 0.457 e. The molecule has 8 heteroatoms. The minimum Gasteiger partial charge on any atom is -0.457 e. The minimum atomic E-state index is -3.80. The molecule has 0 aliphatic carbocycles. The molecule has 0 fully saturated rings. The maximum absolute atomic E-state index is 11.7. The van der Waals surface area contributed by atoms with E-state index >= 15 is 0 Å². The van der Waals surface area contributed by atoms with E-state index in [0.29, 0.717) is 17.1 Å². The Labute approximate surface area is 184 Å². The molecule has 0 bridgehead atoms. The Hall–Kier alpha value is -3.88. The lowest BCUT2D eigenvalue weighted by molar-refractivity contribution is 0.465. The topological polar surface area (TPSA) is 103 Å². The molecule has 6 rings (SSSR count). The van der Waals surface area contributed by atoms with Gasteiger partial charge in [0.15, 0.2) is 6.17 Å². The summed E-state index contributed by atoms with van der Waals surface area (Å²) in [6.45, 7) is 0. The average Bonchev–Trinajstić information content (AvgIpc) is 3.44. The summed E-state index contributed by atoms with van der Waals surface area (Å²) < 4.78 is 31.8. The molecule has 0 amide bonds. The van der Waals surface area contributed by atoms with E-state index in [4.69, 9.17) is 14.5 Å². The Balaban J connectivity index is 1.49. The van der Waals surface area contributed by atoms with E-state index in [-0.39, 0.29) is 11.1 Å². The van der Waals surface area contributed by atoms with Crippen molar-refractivity contribution in [3.63, 3.8) is 0 Å². The summed E-state index contributed by atoms with van der Waals surface area (Å²) in [5.41, 5.74) is 4.51. The molecule has 5 aromatic rings. The van der Waals surface area contributed by atoms with Crippen LogP contribution in [0.15, 0.2) is 94.2 Å². The Morgan fingerprint density at radius 1 is 0.938 bits per heavy atom. The number of rotatable bonds is 3. The van der Waals surface area contributed by atoms with Crippen molar-refractivity contribution in [1.82, 2.24) is 9.55 Å². The van der Waals surface area contributed by atoms with Crippen LogP contribution >= 0.6 is 0 Å². The number of furan rings is 1. The molecule has 2 aromatic heterocycles. The quantitative estimate of drug-likeness (QED) is 0.426. The van der Waals surface area contributed by atoms with E-state index in [2.05, 4.69) is 9.88 Å². The zero-order chi connectivity index (χ0) is 21.9. The molecule has 32 heavy (non-hydrogen) atoms. The first-order chi connectivity index (χ1) is 15.5. The van der Waals surface area contributed by atoms with Crippen LogP contribution in [-0.2, 0) is 10.0 Å². The summed E-state index contributed by atoms with van der Waals surface area (Å²) >= 11 is 0. The maximum Gasteiger partial charge on any atom is 0.238 e. The third-order valence-electron chi connectivity index (χ3n) is 5.66. The highest BCUT2D eigenvalue weighted by Gasteiger charge is 2.30. The van der Waals surface area contributed by atoms with Gasteiger partial charge in [-0.05, 0) is 48.5 Å². The summed E-state index contributed by atoms with van der Waals surface area (Å²) in [5.74, 6) is 2.09. The van der Waals surface area contributed by atoms with Gasteiger partial charge in [0, 0.05) is 16.8 Å². The average molecular weight is 443 g/mol. The van der Waals surface area contributed by atoms with Crippen molar-refractivity contribution in [2.45, 2.75) is 11.1 Å². The lowest BCUT2D eigenvalue weighted by atomic mass is 10.1. The third-order valence-corrected chi connectivity index (χ3v) is 6.57. The number of nitrogens with zero attached hydrogens (tertiary/aromatic N) is 2. The Morgan fingerprint density at radius 2 is 1.75 bits per heavy atom. The molecule has 0 radical (unpaired) electrons. The lowest BCUT2D eigenvalue weighted by Gasteiger charge is -2.28. The van der Waals surface area contributed by atoms with Crippen LogP contribution in [0.4, 0.5) is 5.69 Å². The van der Waals surface area contributed by atoms with Gasteiger partial charge < -0.3 is 9.73 Å². The van der Waals surface area contributed by atoms with E-state index in [1.807, 2.05) is 60.7 Å². The molecule has 0 saturated carbocycles. The van der Waals surface area contributed by atoms with Crippen molar-refractivity contribution in [3.8, 4) is 22.7 Å². The van der Waals surface area contributed by atoms with Gasteiger partial charge >= 0.3 is 0 Å². The van der Waals surface area contributed by atoms with Gasteiger partial charge in [-0.1, -0.05) is 36.4 Å². The zero-order valence-corrected chi connectivity index (χ0v) is 17.6. The first-order valence-corrected chi connectivity index (χ1v) is 11.6. The van der Waals surface area contributed by atoms with Gasteiger partial charge in [0.2, 0.25) is 10.0 Å². The number of hydrogen-bond donors (Lipinski definition) is 2. The molecular formula is C24H18N4O3S. The third kappa shape index (κ3) is 2.92. The summed E-state index contributed by atoms with van der Waals surface area (Å²) in [4.78, 5) is 4.92. The van der Waals surface area contributed by atoms with Crippen LogP contribution in [0.25, 0.3) is 33.7 Å². The number of benzene rings is 3. The smallest absolute Gasteiger partial charge is 0.238 e. The molecule has 1 aliphatic rings. The molecule has 3 N–H and O–H groups in total. The van der Waals surface area contributed by atoms with E-state index in [1.54, 1.807) is 12.1 Å². The molecule has 1 atom stereocenters. The van der Waals surface area contributed by atoms with Crippen LogP contribution < -0.4 is 10.5 Å². The molecule has 3 aromatic carbocycles. The number of sulfonamides is 1. The normalized spacial score (nSPS) is 15.2. The molecular weight excluding hydrogens is 424 g/mol. The molecule has 3 heterocycles. The first kappa shape index (κ1) is 18.9. The van der Waals surface area contributed by atoms with E-state index in [0.717, 1.165) is 28.1 Å². The second kappa shape index (κ2) is 6.81. The highest BCUT2D eigenvalue weighted by molar-refractivity contribution is 7.89. The van der Waals surface area contributed by atoms with Crippen LogP contribution in [0.5, 0.6) is 0 Å². The van der Waals surface area contributed by atoms with Crippen LogP contribution in [-0.4, -0.2) is 18.0 Å². The number of anilines is 1. The van der Waals surface area contributed by atoms with Crippen LogP contribution in [0.3, 0.4) is 0 Å². The fourth-order valence-corrected chi connectivity index (χ4v) is 4.75. The Bertz CT molecular complexity index is 1600. The van der Waals surface area contributed by atoms with Crippen molar-refractivity contribution in [2.24, 2.45) is 5.14 Å². The molecule has 1 aliphatic heterocycles. The fourth-order valence-electron chi connectivity index (χ4n) is 4.19. The zero-order valence-electron chi connectivity index (χ0n) is 16.8. The van der Waals surface area contributed by atoms with Gasteiger partial charge in [-0.25, -0.2) is 18.5 Å². The van der Waals surface area contributed by atoms with Gasteiger partial charge in [-0.3, -0.25) is 4.57 Å². The second-order valence-electron chi connectivity index (χ2n) is 7.66. The standard InChI is InChI=1S/C24H18N4O3S/c25-32(29,30)16-7-5-6-15(14-16)21-12-13-22(31-21)24-26-18-9-2-1-8-17(18)23-27-19-10-3-4-11-20(19)28(23)24/h1-14,24,26H,(H2,25,29,30). The second-order valence-corrected chi connectivity index (χ2v) is 9.22. The molecule has 158 valence electrons. The Kier molecular flexibility index (Phi) is 4.01. The van der Waals surface area contributed by atoms with Crippen LogP contribution in [0.2, 0.25) is 0 Å². The van der Waals surface area contributed by atoms with E-state index in [1.165, 1.54) is 12.1 Å². The van der Waals surface area contributed by atoms with Gasteiger partial charge in [-0.15, -0.1) is 0 Å². The fraction of sp³-hybridized carbons (Fsp3) is 0.0417. The molecule has 0 spiro atoms. The highest BCUT2D eigenvalue weighted by Crippen LogP contribution is 2.41. The minimum absolute atomic E-state index is 0.0422. The SMILES string of the molecule is NS(=O)(=O)c1cccc(-c2ccc(C3Nc4ccccc4-c4nc5ccccc5n43)o2)c1. The number of fused-ring (bicyclic) bond motifs is 5. The van der Waals surface area contributed by atoms with Crippen molar-refractivity contribution >= 4 is 26.7 Å². The predicted octanol–water partition coefficient (Wildman–Crippen LogP) is 4.58. The number of primary sulfonamides is 1. The number of hydrogen-bond acceptors (Lipinski definition) is 5. The first-order valence-electron chi connectivity index (χ1n) is 10.0. The van der Waals surface area contributed by atoms with Crippen molar-refractivity contribution in [3.05, 3.63) is 90.7 Å². The van der Waals surface area contributed by atoms with E-state index in [9.17, 15) is 8.42 Å². The van der Waals surface area contributed by atoms with Crippen LogP contribution in [0, 0.1) is 0 Å². The number of imidazole rings is 1. The molecule has 1 unspecified atom stereocenters. The number of para-hydroxylation sites is 3. The highest BCUT2D eigenvalue weighted by atomic mass is 32.2. The van der Waals surface area contributed by atoms with Crippen LogP contribution in [0.1, 0.15) is 11.9 Å². The van der Waals surface area contributed by atoms with Crippen molar-refractivity contribution in [1.29, 1.82) is 0 Å². The van der Waals surface area contributed by atoms with Crippen molar-refractivity contribution in [2.75, 3.05) is 5.32 Å². The van der Waals surface area contributed by atoms with Gasteiger partial charge in [0.05, 0.1) is 15.9 Å². The monoisotopic (exact) mass is 442 g/mol. The summed E-state index contributed by atoms with van der Waals surface area (Å²) in [6.07, 6.45) is -0.317. The summed E-state index contributed by atoms with van der Waals surface area (Å²) in [6, 6.07) is 26.2. The summed E-state index contributed by atoms with van der Waals surface area (Å²) in [5, 5.41) is 8.85. The van der Waals surface area contributed by atoms with Gasteiger partial charge in [0.1, 0.15) is 17.3 Å². The van der Waals surface area contributed by atoms with Crippen molar-refractivity contribution < 1.29 is 12.8 Å². The van der Waals surface area contributed by atoms with Gasteiger partial charge in [-0.2, -0.15) is 0 Å². The summed E-state index contributed by atoms with van der Waals surface area (Å²) in [7, 11) is -3.80. The predicted molar refractivity (Wildman–Crippen MR) is 122 cm³/mol. The maximum atomic E-state index is 11.7. The molecule has 7 nitrogen and oxygen atoms in total. The number of nitrogens with two attached hydrogens (primary N) is 1. The Morgan fingerprint density at radius 3 is 2.62 bits per heavy atom. The van der Waals surface area contributed by atoms with Gasteiger partial charge in [0.25, 0.3) is 0 Å². The lowest BCUT2D eigenvalue weighted by Crippen LogP contribution is -2.24.